The van der Waals surface area contributed by atoms with Crippen LogP contribution >= 0.6 is 0 Å². The summed E-state index contributed by atoms with van der Waals surface area (Å²) in [5.74, 6) is -0.380. The summed E-state index contributed by atoms with van der Waals surface area (Å²) in [6.07, 6.45) is 5.00. The molecule has 2 atom stereocenters. The highest BCUT2D eigenvalue weighted by atomic mass is 19.1. The van der Waals surface area contributed by atoms with Crippen molar-refractivity contribution >= 4 is 23.0 Å². The number of halogens is 1. The van der Waals surface area contributed by atoms with Gasteiger partial charge in [0.2, 0.25) is 0 Å². The number of likely N-dealkylation sites (tertiary alicyclic amines) is 1. The summed E-state index contributed by atoms with van der Waals surface area (Å²) in [7, 11) is 0. The lowest BCUT2D eigenvalue weighted by molar-refractivity contribution is 0.0535. The zero-order valence-electron chi connectivity index (χ0n) is 18.2. The molecule has 4 aromatic rings. The number of anilines is 1. The molecule has 5 rings (SSSR count). The largest absolute Gasteiger partial charge is 0.424 e. The van der Waals surface area contributed by atoms with E-state index >= 15 is 0 Å². The summed E-state index contributed by atoms with van der Waals surface area (Å²) in [5.41, 5.74) is 1.86. The highest BCUT2D eigenvalue weighted by Crippen LogP contribution is 2.30. The molecule has 168 valence electrons. The standard InChI is InChI=1S/C25H24FN5O2/c1-16-7-5-14-31(20(16)15-29-25-30-19-10-2-3-11-21(19)33-25)24(32)22-17(8-4-9-18(22)26)23-27-12-6-13-28-23/h2-4,6,8-13,16,20H,5,7,14-15H2,1H3,(H,29,30). The summed E-state index contributed by atoms with van der Waals surface area (Å²) in [6, 6.07) is 14.0. The van der Waals surface area contributed by atoms with E-state index in [0.717, 1.165) is 18.4 Å². The van der Waals surface area contributed by atoms with E-state index in [2.05, 4.69) is 27.2 Å². The van der Waals surface area contributed by atoms with E-state index in [1.807, 2.05) is 24.3 Å². The molecule has 1 fully saturated rings. The highest BCUT2D eigenvalue weighted by Gasteiger charge is 2.35. The number of carbonyl (C=O) groups is 1. The van der Waals surface area contributed by atoms with Gasteiger partial charge >= 0.3 is 0 Å². The first-order chi connectivity index (χ1) is 16.1. The predicted octanol–water partition coefficient (Wildman–Crippen LogP) is 4.78. The number of oxazole rings is 1. The molecule has 3 heterocycles. The number of nitrogens with zero attached hydrogens (tertiary/aromatic N) is 4. The number of piperidine rings is 1. The van der Waals surface area contributed by atoms with E-state index in [1.165, 1.54) is 6.07 Å². The van der Waals surface area contributed by atoms with Gasteiger partial charge in [-0.1, -0.05) is 31.2 Å². The van der Waals surface area contributed by atoms with E-state index in [0.29, 0.717) is 36.1 Å². The number of aromatic nitrogens is 3. The number of benzene rings is 2. The first kappa shape index (κ1) is 21.1. The summed E-state index contributed by atoms with van der Waals surface area (Å²) in [5, 5.41) is 3.24. The van der Waals surface area contributed by atoms with Crippen molar-refractivity contribution in [3.05, 3.63) is 72.3 Å². The smallest absolute Gasteiger partial charge is 0.295 e. The molecule has 1 aliphatic heterocycles. The molecule has 8 heteroatoms. The lowest BCUT2D eigenvalue weighted by atomic mass is 9.89. The van der Waals surface area contributed by atoms with Crippen molar-refractivity contribution in [3.8, 4) is 11.4 Å². The van der Waals surface area contributed by atoms with Crippen LogP contribution in [0.5, 0.6) is 0 Å². The number of hydrogen-bond donors (Lipinski definition) is 1. The van der Waals surface area contributed by atoms with E-state index < -0.39 is 5.82 Å². The van der Waals surface area contributed by atoms with Crippen molar-refractivity contribution in [3.63, 3.8) is 0 Å². The van der Waals surface area contributed by atoms with Gasteiger partial charge in [0, 0.05) is 31.0 Å². The SMILES string of the molecule is CC1CCCN(C(=O)c2c(F)cccc2-c2ncccn2)C1CNc1nc2ccccc2o1. The van der Waals surface area contributed by atoms with Crippen LogP contribution in [-0.4, -0.2) is 44.9 Å². The molecule has 7 nitrogen and oxygen atoms in total. The van der Waals surface area contributed by atoms with Gasteiger partial charge in [-0.2, -0.15) is 4.98 Å². The van der Waals surface area contributed by atoms with E-state index in [1.54, 1.807) is 35.5 Å². The summed E-state index contributed by atoms with van der Waals surface area (Å²) >= 11 is 0. The second kappa shape index (κ2) is 8.97. The Bertz CT molecular complexity index is 1240. The summed E-state index contributed by atoms with van der Waals surface area (Å²) in [6.45, 7) is 3.11. The molecule has 1 N–H and O–H groups in total. The van der Waals surface area contributed by atoms with Crippen molar-refractivity contribution in [2.75, 3.05) is 18.4 Å². The molecule has 0 aliphatic carbocycles. The molecule has 0 radical (unpaired) electrons. The third kappa shape index (κ3) is 4.16. The van der Waals surface area contributed by atoms with Crippen LogP contribution < -0.4 is 5.32 Å². The Morgan fingerprint density at radius 2 is 1.97 bits per heavy atom. The summed E-state index contributed by atoms with van der Waals surface area (Å²) < 4.78 is 20.8. The fourth-order valence-corrected chi connectivity index (χ4v) is 4.46. The zero-order chi connectivity index (χ0) is 22.8. The molecular formula is C25H24FN5O2. The van der Waals surface area contributed by atoms with Gasteiger partial charge in [-0.3, -0.25) is 4.79 Å². The highest BCUT2D eigenvalue weighted by molar-refractivity contribution is 6.00. The molecule has 2 aromatic carbocycles. The maximum atomic E-state index is 15.0. The topological polar surface area (TPSA) is 84.2 Å². The molecule has 2 aromatic heterocycles. The average Bonchev–Trinajstić information content (AvgIpc) is 3.26. The van der Waals surface area contributed by atoms with Crippen LogP contribution in [-0.2, 0) is 0 Å². The van der Waals surface area contributed by atoms with E-state index in [4.69, 9.17) is 4.42 Å². The molecule has 1 amide bonds. The Labute approximate surface area is 190 Å². The van der Waals surface area contributed by atoms with Crippen LogP contribution in [0.25, 0.3) is 22.5 Å². The van der Waals surface area contributed by atoms with Crippen LogP contribution in [0.15, 0.2) is 65.3 Å². The number of nitrogens with one attached hydrogen (secondary N) is 1. The Morgan fingerprint density at radius 3 is 2.79 bits per heavy atom. The fourth-order valence-electron chi connectivity index (χ4n) is 4.46. The normalized spacial score (nSPS) is 18.4. The van der Waals surface area contributed by atoms with Crippen LogP contribution in [0.1, 0.15) is 30.1 Å². The molecular weight excluding hydrogens is 421 g/mol. The van der Waals surface area contributed by atoms with Crippen LogP contribution in [0.3, 0.4) is 0 Å². The van der Waals surface area contributed by atoms with Crippen LogP contribution in [0.4, 0.5) is 10.4 Å². The second-order valence-corrected chi connectivity index (χ2v) is 8.29. The molecule has 2 unspecified atom stereocenters. The molecule has 0 spiro atoms. The fraction of sp³-hybridized carbons (Fsp3) is 0.280. The van der Waals surface area contributed by atoms with Gasteiger partial charge in [0.25, 0.3) is 11.9 Å². The van der Waals surface area contributed by atoms with Crippen molar-refractivity contribution in [1.29, 1.82) is 0 Å². The number of para-hydroxylation sites is 2. The van der Waals surface area contributed by atoms with E-state index in [9.17, 15) is 9.18 Å². The lowest BCUT2D eigenvalue weighted by Crippen LogP contribution is -2.51. The van der Waals surface area contributed by atoms with Crippen LogP contribution in [0.2, 0.25) is 0 Å². The first-order valence-electron chi connectivity index (χ1n) is 11.1. The summed E-state index contributed by atoms with van der Waals surface area (Å²) in [4.78, 5) is 28.4. The Balaban J connectivity index is 1.43. The van der Waals surface area contributed by atoms with E-state index in [-0.39, 0.29) is 23.4 Å². The molecule has 0 saturated carbocycles. The van der Waals surface area contributed by atoms with Gasteiger partial charge in [0.15, 0.2) is 11.4 Å². The lowest BCUT2D eigenvalue weighted by Gasteiger charge is -2.40. The minimum absolute atomic E-state index is 0.00432. The zero-order valence-corrected chi connectivity index (χ0v) is 18.2. The number of amides is 1. The quantitative estimate of drug-likeness (QED) is 0.476. The Morgan fingerprint density at radius 1 is 1.15 bits per heavy atom. The van der Waals surface area contributed by atoms with Crippen molar-refractivity contribution in [1.82, 2.24) is 19.9 Å². The molecule has 0 bridgehead atoms. The minimum atomic E-state index is -0.575. The third-order valence-corrected chi connectivity index (χ3v) is 6.17. The third-order valence-electron chi connectivity index (χ3n) is 6.17. The maximum absolute atomic E-state index is 15.0. The first-order valence-corrected chi connectivity index (χ1v) is 11.1. The van der Waals surface area contributed by atoms with Gasteiger partial charge < -0.3 is 14.6 Å². The van der Waals surface area contributed by atoms with Gasteiger partial charge in [0.05, 0.1) is 11.6 Å². The molecule has 1 aliphatic rings. The van der Waals surface area contributed by atoms with Crippen molar-refractivity contribution < 1.29 is 13.6 Å². The van der Waals surface area contributed by atoms with Gasteiger partial charge in [-0.05, 0) is 43.0 Å². The maximum Gasteiger partial charge on any atom is 0.295 e. The van der Waals surface area contributed by atoms with Gasteiger partial charge in [-0.15, -0.1) is 0 Å². The van der Waals surface area contributed by atoms with Gasteiger partial charge in [-0.25, -0.2) is 14.4 Å². The number of carbonyl (C=O) groups excluding carboxylic acids is 1. The average molecular weight is 445 g/mol. The number of hydrogen-bond acceptors (Lipinski definition) is 6. The number of fused-ring (bicyclic) bond motifs is 1. The second-order valence-electron chi connectivity index (χ2n) is 8.29. The van der Waals surface area contributed by atoms with Crippen molar-refractivity contribution in [2.45, 2.75) is 25.8 Å². The number of rotatable bonds is 5. The van der Waals surface area contributed by atoms with Crippen molar-refractivity contribution in [2.24, 2.45) is 5.92 Å². The predicted molar refractivity (Wildman–Crippen MR) is 123 cm³/mol. The molecule has 1 saturated heterocycles. The molecule has 33 heavy (non-hydrogen) atoms. The van der Waals surface area contributed by atoms with Crippen LogP contribution in [0, 0.1) is 11.7 Å². The van der Waals surface area contributed by atoms with Gasteiger partial charge in [0.1, 0.15) is 11.3 Å². The minimum Gasteiger partial charge on any atom is -0.424 e. The Kier molecular flexibility index (Phi) is 5.73. The Hall–Kier alpha value is -3.81. The monoisotopic (exact) mass is 445 g/mol.